The van der Waals surface area contributed by atoms with Crippen molar-refractivity contribution in [1.29, 1.82) is 0 Å². The first kappa shape index (κ1) is 12.0. The normalized spacial score (nSPS) is 17.3. The molecule has 1 aliphatic rings. The lowest BCUT2D eigenvalue weighted by Crippen LogP contribution is -2.25. The molecular formula is C10H11BrO4. The fourth-order valence-corrected chi connectivity index (χ4v) is 2.03. The second kappa shape index (κ2) is 4.61. The van der Waals surface area contributed by atoms with Crippen molar-refractivity contribution in [3.05, 3.63) is 22.7 Å². The number of hydrogen-bond acceptors (Lipinski definition) is 4. The van der Waals surface area contributed by atoms with Gasteiger partial charge in [-0.15, -0.1) is 0 Å². The zero-order valence-corrected chi connectivity index (χ0v) is 10.3. The van der Waals surface area contributed by atoms with Gasteiger partial charge in [-0.3, -0.25) is 9.59 Å². The quantitative estimate of drug-likeness (QED) is 0.576. The molecule has 0 bridgehead atoms. The van der Waals surface area contributed by atoms with Crippen LogP contribution in [0.25, 0.3) is 0 Å². The monoisotopic (exact) mass is 274 g/mol. The summed E-state index contributed by atoms with van der Waals surface area (Å²) >= 11 is 3.17. The Morgan fingerprint density at radius 2 is 1.53 bits per heavy atom. The Kier molecular flexibility index (Phi) is 3.68. The standard InChI is InChI=1S/C10H11BrO4/c1-5-6(4-11)8(13)10(15-3)9(14-2)7(5)12/h4H2,1-3H3. The third-order valence-corrected chi connectivity index (χ3v) is 2.79. The highest BCUT2D eigenvalue weighted by atomic mass is 79.9. The number of ether oxygens (including phenoxy) is 2. The SMILES string of the molecule is COC1=C(OC)C(=O)C(CBr)=C(C)C1=O. The van der Waals surface area contributed by atoms with E-state index in [1.54, 1.807) is 6.92 Å². The number of carbonyl (C=O) groups is 2. The van der Waals surface area contributed by atoms with Crippen LogP contribution in [-0.4, -0.2) is 31.1 Å². The molecule has 1 rings (SSSR count). The summed E-state index contributed by atoms with van der Waals surface area (Å²) in [5.41, 5.74) is 0.812. The summed E-state index contributed by atoms with van der Waals surface area (Å²) in [5, 5.41) is 0.327. The van der Waals surface area contributed by atoms with Crippen molar-refractivity contribution in [1.82, 2.24) is 0 Å². The first-order valence-electron chi connectivity index (χ1n) is 4.25. The number of allylic oxidation sites excluding steroid dienone is 2. The van der Waals surface area contributed by atoms with E-state index in [-0.39, 0.29) is 23.1 Å². The fraction of sp³-hybridized carbons (Fsp3) is 0.400. The predicted octanol–water partition coefficient (Wildman–Crippen LogP) is 1.35. The van der Waals surface area contributed by atoms with Crippen LogP contribution in [0.2, 0.25) is 0 Å². The third-order valence-electron chi connectivity index (χ3n) is 2.23. The van der Waals surface area contributed by atoms with Gasteiger partial charge >= 0.3 is 0 Å². The Morgan fingerprint density at radius 3 is 1.93 bits per heavy atom. The fourth-order valence-electron chi connectivity index (χ4n) is 1.35. The molecule has 0 amide bonds. The average Bonchev–Trinajstić information content (AvgIpc) is 2.23. The Labute approximate surface area is 96.1 Å². The molecule has 15 heavy (non-hydrogen) atoms. The second-order valence-corrected chi connectivity index (χ2v) is 3.52. The molecule has 0 radical (unpaired) electrons. The number of halogens is 1. The van der Waals surface area contributed by atoms with Crippen molar-refractivity contribution in [3.63, 3.8) is 0 Å². The molecule has 0 aromatic heterocycles. The molecule has 5 heteroatoms. The van der Waals surface area contributed by atoms with Gasteiger partial charge in [0.1, 0.15) is 0 Å². The van der Waals surface area contributed by atoms with E-state index in [1.807, 2.05) is 0 Å². The maximum atomic E-state index is 11.8. The molecule has 0 aromatic carbocycles. The third kappa shape index (κ3) is 1.84. The molecule has 0 aliphatic heterocycles. The molecule has 0 N–H and O–H groups in total. The van der Waals surface area contributed by atoms with Crippen molar-refractivity contribution in [2.45, 2.75) is 6.92 Å². The van der Waals surface area contributed by atoms with Crippen LogP contribution in [0.1, 0.15) is 6.92 Å². The summed E-state index contributed by atoms with van der Waals surface area (Å²) in [6.07, 6.45) is 0. The van der Waals surface area contributed by atoms with Crippen molar-refractivity contribution >= 4 is 27.5 Å². The van der Waals surface area contributed by atoms with Crippen LogP contribution in [0.15, 0.2) is 22.7 Å². The molecule has 0 atom stereocenters. The number of ketones is 2. The number of methoxy groups -OCH3 is 2. The molecular weight excluding hydrogens is 264 g/mol. The maximum Gasteiger partial charge on any atom is 0.228 e. The van der Waals surface area contributed by atoms with Gasteiger partial charge in [0.2, 0.25) is 23.1 Å². The van der Waals surface area contributed by atoms with E-state index in [2.05, 4.69) is 15.9 Å². The van der Waals surface area contributed by atoms with Gasteiger partial charge in [0, 0.05) is 16.5 Å². The maximum absolute atomic E-state index is 11.8. The molecule has 0 spiro atoms. The summed E-state index contributed by atoms with van der Waals surface area (Å²) in [7, 11) is 2.68. The molecule has 4 nitrogen and oxygen atoms in total. The number of rotatable bonds is 3. The zero-order valence-electron chi connectivity index (χ0n) is 8.72. The number of Topliss-reactive ketones (excluding diaryl/α,β-unsaturated/α-hetero) is 2. The lowest BCUT2D eigenvalue weighted by atomic mass is 9.94. The van der Waals surface area contributed by atoms with Gasteiger partial charge in [0.25, 0.3) is 0 Å². The van der Waals surface area contributed by atoms with Crippen molar-refractivity contribution in [2.75, 3.05) is 19.5 Å². The Hall–Kier alpha value is -1.10. The molecule has 0 saturated heterocycles. The van der Waals surface area contributed by atoms with Crippen molar-refractivity contribution < 1.29 is 19.1 Å². The highest BCUT2D eigenvalue weighted by molar-refractivity contribution is 9.09. The molecule has 1 aliphatic carbocycles. The van der Waals surface area contributed by atoms with Crippen LogP contribution in [0.5, 0.6) is 0 Å². The van der Waals surface area contributed by atoms with Gasteiger partial charge in [-0.25, -0.2) is 0 Å². The van der Waals surface area contributed by atoms with Gasteiger partial charge < -0.3 is 9.47 Å². The number of alkyl halides is 1. The molecule has 0 heterocycles. The van der Waals surface area contributed by atoms with Crippen LogP contribution < -0.4 is 0 Å². The van der Waals surface area contributed by atoms with Gasteiger partial charge in [-0.05, 0) is 6.92 Å². The van der Waals surface area contributed by atoms with Gasteiger partial charge in [-0.1, -0.05) is 15.9 Å². The molecule has 0 aromatic rings. The van der Waals surface area contributed by atoms with E-state index in [4.69, 9.17) is 9.47 Å². The summed E-state index contributed by atoms with van der Waals surface area (Å²) in [6, 6.07) is 0. The van der Waals surface area contributed by atoms with Crippen molar-refractivity contribution in [2.24, 2.45) is 0 Å². The number of hydrogen-bond donors (Lipinski definition) is 0. The molecule has 0 saturated carbocycles. The number of carbonyl (C=O) groups excluding carboxylic acids is 2. The zero-order chi connectivity index (χ0) is 11.6. The van der Waals surface area contributed by atoms with E-state index >= 15 is 0 Å². The minimum atomic E-state index is -0.302. The molecule has 82 valence electrons. The summed E-state index contributed by atoms with van der Waals surface area (Å²) in [4.78, 5) is 23.6. The van der Waals surface area contributed by atoms with E-state index in [9.17, 15) is 9.59 Å². The largest absolute Gasteiger partial charge is 0.489 e. The lowest BCUT2D eigenvalue weighted by Gasteiger charge is -2.18. The topological polar surface area (TPSA) is 52.6 Å². The minimum Gasteiger partial charge on any atom is -0.489 e. The Bertz CT molecular complexity index is 379. The average molecular weight is 275 g/mol. The van der Waals surface area contributed by atoms with Gasteiger partial charge in [0.15, 0.2) is 0 Å². The molecule has 0 fully saturated rings. The highest BCUT2D eigenvalue weighted by Gasteiger charge is 2.33. The first-order valence-corrected chi connectivity index (χ1v) is 5.38. The van der Waals surface area contributed by atoms with Crippen LogP contribution >= 0.6 is 15.9 Å². The summed E-state index contributed by atoms with van der Waals surface area (Å²) in [6.45, 7) is 1.60. The van der Waals surface area contributed by atoms with Gasteiger partial charge in [-0.2, -0.15) is 0 Å². The van der Waals surface area contributed by atoms with Crippen LogP contribution in [-0.2, 0) is 19.1 Å². The summed E-state index contributed by atoms with van der Waals surface area (Å²) < 4.78 is 9.76. The van der Waals surface area contributed by atoms with Gasteiger partial charge in [0.05, 0.1) is 14.2 Å². The lowest BCUT2D eigenvalue weighted by molar-refractivity contribution is -0.121. The Morgan fingerprint density at radius 1 is 1.07 bits per heavy atom. The van der Waals surface area contributed by atoms with Crippen LogP contribution in [0.4, 0.5) is 0 Å². The van der Waals surface area contributed by atoms with Crippen LogP contribution in [0, 0.1) is 0 Å². The Balaban J connectivity index is 3.31. The van der Waals surface area contributed by atoms with E-state index in [0.717, 1.165) is 0 Å². The predicted molar refractivity (Wildman–Crippen MR) is 57.6 cm³/mol. The second-order valence-electron chi connectivity index (χ2n) is 2.96. The van der Waals surface area contributed by atoms with Crippen LogP contribution in [0.3, 0.4) is 0 Å². The van der Waals surface area contributed by atoms with E-state index in [1.165, 1.54) is 14.2 Å². The highest BCUT2D eigenvalue weighted by Crippen LogP contribution is 2.26. The van der Waals surface area contributed by atoms with E-state index < -0.39 is 0 Å². The van der Waals surface area contributed by atoms with Crippen molar-refractivity contribution in [3.8, 4) is 0 Å². The first-order chi connectivity index (χ1) is 7.08. The molecule has 0 unspecified atom stereocenters. The summed E-state index contributed by atoms with van der Waals surface area (Å²) in [5.74, 6) is -0.654. The minimum absolute atomic E-state index is 0.0234. The smallest absolute Gasteiger partial charge is 0.228 e. The van der Waals surface area contributed by atoms with E-state index in [0.29, 0.717) is 16.5 Å².